The van der Waals surface area contributed by atoms with Crippen LogP contribution in [0.2, 0.25) is 5.15 Å². The highest BCUT2D eigenvalue weighted by Gasteiger charge is 2.26. The second-order valence-electron chi connectivity index (χ2n) is 7.41. The number of halogens is 1. The Morgan fingerprint density at radius 1 is 1.10 bits per heavy atom. The molecule has 1 aliphatic carbocycles. The average molecular weight is 457 g/mol. The summed E-state index contributed by atoms with van der Waals surface area (Å²) in [6.07, 6.45) is 8.58. The number of aryl methyl sites for hydroxylation is 1. The quantitative estimate of drug-likeness (QED) is 0.405. The van der Waals surface area contributed by atoms with Crippen molar-refractivity contribution < 1.29 is 14.3 Å². The van der Waals surface area contributed by atoms with Gasteiger partial charge in [0, 0.05) is 28.9 Å². The number of aromatic nitrogens is 3. The van der Waals surface area contributed by atoms with Gasteiger partial charge in [-0.05, 0) is 31.9 Å². The molecular weight excluding hydrogens is 436 g/mol. The van der Waals surface area contributed by atoms with Gasteiger partial charge in [-0.25, -0.2) is 9.97 Å². The van der Waals surface area contributed by atoms with Gasteiger partial charge in [-0.15, -0.1) is 0 Å². The van der Waals surface area contributed by atoms with E-state index in [9.17, 15) is 9.59 Å². The van der Waals surface area contributed by atoms with Crippen molar-refractivity contribution in [1.29, 1.82) is 0 Å². The summed E-state index contributed by atoms with van der Waals surface area (Å²) in [6, 6.07) is 3.44. The Kier molecular flexibility index (Phi) is 6.29. The first kappa shape index (κ1) is 21.4. The molecular formula is C22H21ClN4O3S. The van der Waals surface area contributed by atoms with Gasteiger partial charge in [0.2, 0.25) is 0 Å². The van der Waals surface area contributed by atoms with Crippen LogP contribution in [0, 0.1) is 12.8 Å². The highest BCUT2D eigenvalue weighted by Crippen LogP contribution is 2.35. The molecule has 1 amide bonds. The number of methoxy groups -OCH3 is 1. The summed E-state index contributed by atoms with van der Waals surface area (Å²) in [5, 5.41) is 3.45. The van der Waals surface area contributed by atoms with Gasteiger partial charge in [-0.1, -0.05) is 35.8 Å². The molecule has 0 aliphatic heterocycles. The number of pyridine rings is 2. The molecule has 31 heavy (non-hydrogen) atoms. The number of anilines is 1. The zero-order valence-corrected chi connectivity index (χ0v) is 18.7. The molecule has 3 heterocycles. The van der Waals surface area contributed by atoms with Gasteiger partial charge >= 0.3 is 0 Å². The van der Waals surface area contributed by atoms with Crippen molar-refractivity contribution in [3.63, 3.8) is 0 Å². The van der Waals surface area contributed by atoms with Crippen LogP contribution < -0.4 is 10.1 Å². The molecule has 0 saturated heterocycles. The number of ether oxygens (including phenoxy) is 1. The topological polar surface area (TPSA) is 94.1 Å². The fourth-order valence-corrected chi connectivity index (χ4v) is 4.74. The van der Waals surface area contributed by atoms with Crippen molar-refractivity contribution in [3.8, 4) is 16.9 Å². The molecule has 1 N–H and O–H groups in total. The van der Waals surface area contributed by atoms with Gasteiger partial charge in [-0.3, -0.25) is 19.9 Å². The summed E-state index contributed by atoms with van der Waals surface area (Å²) < 4.78 is 5.40. The third-order valence-electron chi connectivity index (χ3n) is 5.32. The second kappa shape index (κ2) is 9.11. The Balaban J connectivity index is 1.62. The maximum Gasteiger partial charge on any atom is 0.259 e. The predicted molar refractivity (Wildman–Crippen MR) is 120 cm³/mol. The number of carbonyl (C=O) groups is 2. The largest absolute Gasteiger partial charge is 0.494 e. The second-order valence-corrected chi connectivity index (χ2v) is 8.83. The Hall–Kier alpha value is -2.84. The average Bonchev–Trinajstić information content (AvgIpc) is 3.45. The van der Waals surface area contributed by atoms with Gasteiger partial charge in [0.25, 0.3) is 5.91 Å². The van der Waals surface area contributed by atoms with E-state index in [-0.39, 0.29) is 22.8 Å². The zero-order chi connectivity index (χ0) is 22.0. The molecule has 0 bridgehead atoms. The summed E-state index contributed by atoms with van der Waals surface area (Å²) in [7, 11) is 1.53. The van der Waals surface area contributed by atoms with Gasteiger partial charge in [-0.2, -0.15) is 0 Å². The molecule has 1 aliphatic rings. The van der Waals surface area contributed by atoms with Gasteiger partial charge in [0.05, 0.1) is 29.9 Å². The fourth-order valence-electron chi connectivity index (χ4n) is 3.75. The Morgan fingerprint density at radius 3 is 2.61 bits per heavy atom. The normalized spacial score (nSPS) is 13.9. The van der Waals surface area contributed by atoms with E-state index in [2.05, 4.69) is 20.3 Å². The van der Waals surface area contributed by atoms with Crippen LogP contribution in [-0.2, 0) is 0 Å². The minimum Gasteiger partial charge on any atom is -0.494 e. The lowest BCUT2D eigenvalue weighted by Crippen LogP contribution is -2.14. The number of nitrogens with zero attached hydrogens (tertiary/aromatic N) is 3. The molecule has 0 aromatic carbocycles. The number of rotatable bonds is 6. The highest BCUT2D eigenvalue weighted by atomic mass is 35.5. The summed E-state index contributed by atoms with van der Waals surface area (Å²) in [5.74, 6) is 0.291. The molecule has 7 nitrogen and oxygen atoms in total. The SMILES string of the molecule is COc1cnc(Cl)cc1-c1cc(C)ncc1C(=O)Nc1ncc(C(=O)C2CCCC2)s1. The summed E-state index contributed by atoms with van der Waals surface area (Å²) in [6.45, 7) is 1.84. The van der Waals surface area contributed by atoms with Crippen LogP contribution in [0.25, 0.3) is 11.1 Å². The van der Waals surface area contributed by atoms with Gasteiger partial charge < -0.3 is 4.74 Å². The number of hydrogen-bond donors (Lipinski definition) is 1. The molecule has 0 atom stereocenters. The molecule has 4 rings (SSSR count). The Bertz CT molecular complexity index is 1140. The molecule has 1 saturated carbocycles. The van der Waals surface area contributed by atoms with Crippen LogP contribution >= 0.6 is 22.9 Å². The first-order valence-corrected chi connectivity index (χ1v) is 11.1. The standard InChI is InChI=1S/C22H21ClN4O3S/c1-12-7-14(15-8-19(23)25-10-17(15)30-2)16(9-24-12)21(29)27-22-26-11-18(31-22)20(28)13-5-3-4-6-13/h7-11,13H,3-6H2,1-2H3,(H,26,27,29). The lowest BCUT2D eigenvalue weighted by atomic mass is 10.0. The lowest BCUT2D eigenvalue weighted by molar-refractivity contribution is 0.0926. The molecule has 3 aromatic rings. The highest BCUT2D eigenvalue weighted by molar-refractivity contribution is 7.17. The van der Waals surface area contributed by atoms with Crippen LogP contribution in [-0.4, -0.2) is 33.8 Å². The van der Waals surface area contributed by atoms with Gasteiger partial charge in [0.1, 0.15) is 10.9 Å². The molecule has 1 fully saturated rings. The van der Waals surface area contributed by atoms with Gasteiger partial charge in [0.15, 0.2) is 10.9 Å². The van der Waals surface area contributed by atoms with Crippen molar-refractivity contribution in [2.24, 2.45) is 5.92 Å². The smallest absolute Gasteiger partial charge is 0.259 e. The van der Waals surface area contributed by atoms with E-state index < -0.39 is 0 Å². The molecule has 160 valence electrons. The number of amides is 1. The summed E-state index contributed by atoms with van der Waals surface area (Å²) in [5.41, 5.74) is 2.32. The van der Waals surface area contributed by atoms with Crippen molar-refractivity contribution in [2.75, 3.05) is 12.4 Å². The van der Waals surface area contributed by atoms with E-state index in [0.717, 1.165) is 31.4 Å². The Labute approximate surface area is 188 Å². The van der Waals surface area contributed by atoms with E-state index in [0.29, 0.717) is 32.4 Å². The maximum atomic E-state index is 13.1. The number of carbonyl (C=O) groups excluding carboxylic acids is 2. The summed E-state index contributed by atoms with van der Waals surface area (Å²) in [4.78, 5) is 38.8. The molecule has 3 aromatic heterocycles. The van der Waals surface area contributed by atoms with Crippen molar-refractivity contribution in [3.05, 3.63) is 52.0 Å². The fraction of sp³-hybridized carbons (Fsp3) is 0.318. The molecule has 0 spiro atoms. The van der Waals surface area contributed by atoms with Crippen LogP contribution in [0.5, 0.6) is 5.75 Å². The monoisotopic (exact) mass is 456 g/mol. The van der Waals surface area contributed by atoms with Crippen molar-refractivity contribution >= 4 is 39.8 Å². The summed E-state index contributed by atoms with van der Waals surface area (Å²) >= 11 is 7.29. The molecule has 0 unspecified atom stereocenters. The zero-order valence-electron chi connectivity index (χ0n) is 17.1. The minimum absolute atomic E-state index is 0.0702. The number of thiazole rings is 1. The van der Waals surface area contributed by atoms with Crippen LogP contribution in [0.3, 0.4) is 0 Å². The first-order chi connectivity index (χ1) is 15.0. The van der Waals surface area contributed by atoms with E-state index >= 15 is 0 Å². The minimum atomic E-state index is -0.383. The number of Topliss-reactive ketones (excluding diaryl/α,β-unsaturated/α-hetero) is 1. The van der Waals surface area contributed by atoms with E-state index in [4.69, 9.17) is 16.3 Å². The van der Waals surface area contributed by atoms with E-state index in [1.807, 2.05) is 6.92 Å². The lowest BCUT2D eigenvalue weighted by Gasteiger charge is -2.13. The number of nitrogens with one attached hydrogen (secondary N) is 1. The van der Waals surface area contributed by atoms with Crippen molar-refractivity contribution in [1.82, 2.24) is 15.0 Å². The van der Waals surface area contributed by atoms with E-state index in [1.54, 1.807) is 18.3 Å². The third kappa shape index (κ3) is 4.60. The van der Waals surface area contributed by atoms with E-state index in [1.165, 1.54) is 30.8 Å². The van der Waals surface area contributed by atoms with Crippen LogP contribution in [0.15, 0.2) is 30.7 Å². The Morgan fingerprint density at radius 2 is 1.87 bits per heavy atom. The first-order valence-electron chi connectivity index (χ1n) is 9.94. The molecule has 0 radical (unpaired) electrons. The number of hydrogen-bond acceptors (Lipinski definition) is 7. The van der Waals surface area contributed by atoms with Crippen molar-refractivity contribution in [2.45, 2.75) is 32.6 Å². The van der Waals surface area contributed by atoms with Crippen LogP contribution in [0.1, 0.15) is 51.4 Å². The molecule has 9 heteroatoms. The predicted octanol–water partition coefficient (Wildman–Crippen LogP) is 5.20. The van der Waals surface area contributed by atoms with Crippen LogP contribution in [0.4, 0.5) is 5.13 Å². The third-order valence-corrected chi connectivity index (χ3v) is 6.46. The maximum absolute atomic E-state index is 13.1. The number of ketones is 1.